The van der Waals surface area contributed by atoms with Crippen molar-refractivity contribution in [3.05, 3.63) is 101 Å². The third kappa shape index (κ3) is 8.28. The smallest absolute Gasteiger partial charge is 0.255 e. The Bertz CT molecular complexity index is 1700. The lowest BCUT2D eigenvalue weighted by Gasteiger charge is -2.24. The normalized spacial score (nSPS) is 12.7. The fourth-order valence-corrected chi connectivity index (χ4v) is 4.80. The summed E-state index contributed by atoms with van der Waals surface area (Å²) in [4.78, 5) is 13.5. The molecular formula is C31H40FN7O4S. The van der Waals surface area contributed by atoms with E-state index in [4.69, 9.17) is 22.2 Å². The van der Waals surface area contributed by atoms with Crippen LogP contribution < -0.4 is 42.2 Å². The van der Waals surface area contributed by atoms with E-state index in [0.29, 0.717) is 16.9 Å². The second-order valence-corrected chi connectivity index (χ2v) is 13.0. The first-order valence-electron chi connectivity index (χ1n) is 13.5. The van der Waals surface area contributed by atoms with Crippen molar-refractivity contribution in [3.63, 3.8) is 0 Å². The van der Waals surface area contributed by atoms with E-state index < -0.39 is 21.8 Å². The van der Waals surface area contributed by atoms with Gasteiger partial charge in [0.1, 0.15) is 0 Å². The minimum absolute atomic E-state index is 0.0689. The highest BCUT2D eigenvalue weighted by atomic mass is 32.2. The number of benzene rings is 3. The van der Waals surface area contributed by atoms with E-state index in [-0.39, 0.29) is 39.5 Å². The van der Waals surface area contributed by atoms with Gasteiger partial charge in [-0.1, -0.05) is 45.0 Å². The third-order valence-corrected chi connectivity index (χ3v) is 7.29. The van der Waals surface area contributed by atoms with E-state index in [0.717, 1.165) is 16.8 Å². The SMILES string of the molecule is COc1c(NC(=O)c2ccc(C)c(N(N)/C=C(N)/C(F)=C(\C)N(N)c3ccccc3)c2)cc(C(C)(C)C)cc1NS(C)(=O)=O. The Balaban J connectivity index is 1.95. The number of para-hydroxylation sites is 1. The van der Waals surface area contributed by atoms with Crippen molar-refractivity contribution in [2.24, 2.45) is 17.4 Å². The van der Waals surface area contributed by atoms with Crippen LogP contribution in [0.15, 0.2) is 84.1 Å². The highest BCUT2D eigenvalue weighted by molar-refractivity contribution is 7.92. The third-order valence-electron chi connectivity index (χ3n) is 6.70. The molecule has 236 valence electrons. The molecular weight excluding hydrogens is 585 g/mol. The van der Waals surface area contributed by atoms with Crippen molar-refractivity contribution in [1.29, 1.82) is 0 Å². The number of allylic oxidation sites excluding steroid dienone is 2. The van der Waals surface area contributed by atoms with Crippen LogP contribution in [0.4, 0.5) is 27.1 Å². The number of sulfonamides is 1. The van der Waals surface area contributed by atoms with Gasteiger partial charge in [0.05, 0.1) is 47.5 Å². The molecule has 13 heteroatoms. The zero-order valence-electron chi connectivity index (χ0n) is 25.9. The van der Waals surface area contributed by atoms with Crippen LogP contribution in [0, 0.1) is 6.92 Å². The van der Waals surface area contributed by atoms with Gasteiger partial charge < -0.3 is 15.8 Å². The second kappa shape index (κ2) is 13.4. The predicted octanol–water partition coefficient (Wildman–Crippen LogP) is 4.99. The van der Waals surface area contributed by atoms with Gasteiger partial charge in [0.25, 0.3) is 5.91 Å². The zero-order chi connectivity index (χ0) is 33.0. The average molecular weight is 626 g/mol. The van der Waals surface area contributed by atoms with Gasteiger partial charge in [-0.3, -0.25) is 19.5 Å². The molecule has 3 aromatic rings. The molecule has 0 bridgehead atoms. The lowest BCUT2D eigenvalue weighted by atomic mass is 9.86. The van der Waals surface area contributed by atoms with E-state index in [1.54, 1.807) is 55.5 Å². The summed E-state index contributed by atoms with van der Waals surface area (Å²) in [5.74, 6) is 11.2. The van der Waals surface area contributed by atoms with Crippen LogP contribution in [0.1, 0.15) is 49.2 Å². The number of hydrogen-bond acceptors (Lipinski definition) is 9. The molecule has 0 heterocycles. The number of carbonyl (C=O) groups is 1. The highest BCUT2D eigenvalue weighted by Gasteiger charge is 2.23. The summed E-state index contributed by atoms with van der Waals surface area (Å²) < 4.78 is 47.3. The molecule has 11 nitrogen and oxygen atoms in total. The Morgan fingerprint density at radius 3 is 2.20 bits per heavy atom. The number of nitrogens with zero attached hydrogens (tertiary/aromatic N) is 2. The molecule has 44 heavy (non-hydrogen) atoms. The largest absolute Gasteiger partial charge is 0.492 e. The number of rotatable bonds is 10. The summed E-state index contributed by atoms with van der Waals surface area (Å²) in [5.41, 5.74) is 8.51. The quantitative estimate of drug-likeness (QED) is 0.118. The first-order chi connectivity index (χ1) is 20.4. The Kier molecular flexibility index (Phi) is 10.3. The molecule has 0 fully saturated rings. The molecule has 0 spiro atoms. The van der Waals surface area contributed by atoms with Crippen LogP contribution in [-0.2, 0) is 15.4 Å². The lowest BCUT2D eigenvalue weighted by molar-refractivity contribution is 0.102. The number of carbonyl (C=O) groups excluding carboxylic acids is 1. The molecule has 0 aliphatic rings. The molecule has 0 saturated heterocycles. The van der Waals surface area contributed by atoms with Crippen LogP contribution in [0.2, 0.25) is 0 Å². The van der Waals surface area contributed by atoms with Gasteiger partial charge in [-0.2, -0.15) is 0 Å². The van der Waals surface area contributed by atoms with Gasteiger partial charge in [-0.05, 0) is 66.8 Å². The monoisotopic (exact) mass is 625 g/mol. The molecule has 0 unspecified atom stereocenters. The number of nitrogens with one attached hydrogen (secondary N) is 2. The highest BCUT2D eigenvalue weighted by Crippen LogP contribution is 2.39. The molecule has 0 aliphatic heterocycles. The summed E-state index contributed by atoms with van der Waals surface area (Å²) >= 11 is 0. The molecule has 0 aromatic heterocycles. The van der Waals surface area contributed by atoms with Crippen LogP contribution in [-0.4, -0.2) is 27.7 Å². The second-order valence-electron chi connectivity index (χ2n) is 11.3. The Morgan fingerprint density at radius 1 is 1.02 bits per heavy atom. The maximum atomic E-state index is 15.2. The minimum Gasteiger partial charge on any atom is -0.492 e. The van der Waals surface area contributed by atoms with Crippen LogP contribution in [0.25, 0.3) is 0 Å². The molecule has 3 aromatic carbocycles. The van der Waals surface area contributed by atoms with Crippen LogP contribution >= 0.6 is 0 Å². The van der Waals surface area contributed by atoms with Gasteiger partial charge in [0, 0.05) is 11.8 Å². The fourth-order valence-electron chi connectivity index (χ4n) is 4.25. The van der Waals surface area contributed by atoms with E-state index in [2.05, 4.69) is 10.0 Å². The number of hydrazine groups is 2. The number of aryl methyl sites for hydroxylation is 1. The summed E-state index contributed by atoms with van der Waals surface area (Å²) in [6.07, 6.45) is 2.22. The number of anilines is 4. The zero-order valence-corrected chi connectivity index (χ0v) is 26.7. The van der Waals surface area contributed by atoms with Crippen LogP contribution in [0.3, 0.4) is 0 Å². The van der Waals surface area contributed by atoms with E-state index >= 15 is 4.39 Å². The van der Waals surface area contributed by atoms with Gasteiger partial charge in [0.15, 0.2) is 11.6 Å². The summed E-state index contributed by atoms with van der Waals surface area (Å²) in [6.45, 7) is 9.13. The topological polar surface area (TPSA) is 169 Å². The number of methoxy groups -OCH3 is 1. The maximum absolute atomic E-state index is 15.2. The number of amides is 1. The van der Waals surface area contributed by atoms with Gasteiger partial charge in [-0.25, -0.2) is 24.5 Å². The maximum Gasteiger partial charge on any atom is 0.255 e. The van der Waals surface area contributed by atoms with Gasteiger partial charge in [0.2, 0.25) is 10.0 Å². The Labute approximate surface area is 258 Å². The standard InChI is InChI=1S/C31H40FN7O4S/c1-19-13-14-21(15-27(19)38(34)18-24(33)28(32)20(2)39(35)23-11-9-8-10-12-23)30(40)36-25-16-22(31(3,4)5)17-26(29(25)43-6)37-44(7,41)42/h8-18,37H,33-35H2,1-7H3,(H,36,40)/b24-18-,28-20-. The average Bonchev–Trinajstić information content (AvgIpc) is 2.95. The lowest BCUT2D eigenvalue weighted by Crippen LogP contribution is -2.31. The van der Waals surface area contributed by atoms with Crippen molar-refractivity contribution in [2.45, 2.75) is 40.0 Å². The van der Waals surface area contributed by atoms with Crippen molar-refractivity contribution in [1.82, 2.24) is 0 Å². The molecule has 0 radical (unpaired) electrons. The number of nitrogens with two attached hydrogens (primary N) is 3. The minimum atomic E-state index is -3.65. The number of hydrogen-bond donors (Lipinski definition) is 5. The van der Waals surface area contributed by atoms with Crippen molar-refractivity contribution in [3.8, 4) is 5.75 Å². The molecule has 0 aliphatic carbocycles. The van der Waals surface area contributed by atoms with Crippen LogP contribution in [0.5, 0.6) is 5.75 Å². The summed E-state index contributed by atoms with van der Waals surface area (Å²) in [7, 11) is -2.27. The molecule has 3 rings (SSSR count). The van der Waals surface area contributed by atoms with Gasteiger partial charge >= 0.3 is 0 Å². The predicted molar refractivity (Wildman–Crippen MR) is 175 cm³/mol. The molecule has 0 atom stereocenters. The summed E-state index contributed by atoms with van der Waals surface area (Å²) in [5, 5.41) is 5.11. The first-order valence-corrected chi connectivity index (χ1v) is 15.4. The van der Waals surface area contributed by atoms with E-state index in [9.17, 15) is 13.2 Å². The fraction of sp³-hybridized carbons (Fsp3) is 0.258. The first kappa shape index (κ1) is 33.9. The Morgan fingerprint density at radius 2 is 1.64 bits per heavy atom. The Hall–Kier alpha value is -4.59. The van der Waals surface area contributed by atoms with Crippen molar-refractivity contribution >= 4 is 38.7 Å². The van der Waals surface area contributed by atoms with Crippen molar-refractivity contribution < 1.29 is 22.3 Å². The molecule has 1 amide bonds. The molecule has 8 N–H and O–H groups in total. The van der Waals surface area contributed by atoms with Gasteiger partial charge in [-0.15, -0.1) is 0 Å². The number of ether oxygens (including phenoxy) is 1. The van der Waals surface area contributed by atoms with Crippen molar-refractivity contribution in [2.75, 3.05) is 33.4 Å². The van der Waals surface area contributed by atoms with E-state index in [1.165, 1.54) is 31.3 Å². The van der Waals surface area contributed by atoms with E-state index in [1.807, 2.05) is 26.8 Å². The molecule has 0 saturated carbocycles. The number of halogens is 1. The summed E-state index contributed by atoms with van der Waals surface area (Å²) in [6, 6.07) is 17.0.